The van der Waals surface area contributed by atoms with E-state index in [-0.39, 0.29) is 0 Å². The Hall–Kier alpha value is 0.137. The predicted octanol–water partition coefficient (Wildman–Crippen LogP) is 1.57. The monoisotopic (exact) mass is 217 g/mol. The summed E-state index contributed by atoms with van der Waals surface area (Å²) in [6, 6.07) is 1.84. The van der Waals surface area contributed by atoms with E-state index in [1.54, 1.807) is 0 Å². The van der Waals surface area contributed by atoms with Crippen LogP contribution >= 0.6 is 0 Å². The van der Waals surface area contributed by atoms with Crippen molar-refractivity contribution in [2.45, 2.75) is 72.2 Å². The van der Waals surface area contributed by atoms with Crippen LogP contribution in [0.5, 0.6) is 0 Å². The van der Waals surface area contributed by atoms with Crippen LogP contribution in [0.15, 0.2) is 0 Å². The van der Waals surface area contributed by atoms with Gasteiger partial charge in [0.15, 0.2) is 0 Å². The third-order valence-corrected chi connectivity index (χ3v) is 3.58. The average Bonchev–Trinajstić information content (AvgIpc) is 2.02. The van der Waals surface area contributed by atoms with Gasteiger partial charge in [0.25, 0.3) is 0 Å². The second kappa shape index (κ2) is 6.59. The molecule has 0 aliphatic carbocycles. The van der Waals surface area contributed by atoms with Crippen LogP contribution in [0, 0.1) is 0 Å². The molecule has 0 aromatic carbocycles. The molecule has 0 spiro atoms. The molecular formula is C11H27NOSi. The summed E-state index contributed by atoms with van der Waals surface area (Å²) in [5.74, 6) is 0. The Morgan fingerprint density at radius 2 is 1.43 bits per heavy atom. The number of hydrogen-bond donors (Lipinski definition) is 0. The molecule has 0 N–H and O–H groups in total. The fourth-order valence-corrected chi connectivity index (χ4v) is 2.50. The lowest BCUT2D eigenvalue weighted by molar-refractivity contribution is 0.0876. The molecule has 0 saturated carbocycles. The highest BCUT2D eigenvalue weighted by atomic mass is 28.2. The van der Waals surface area contributed by atoms with Crippen molar-refractivity contribution in [3.05, 3.63) is 0 Å². The van der Waals surface area contributed by atoms with Crippen molar-refractivity contribution in [2.24, 2.45) is 0 Å². The van der Waals surface area contributed by atoms with E-state index >= 15 is 0 Å². The summed E-state index contributed by atoms with van der Waals surface area (Å²) in [7, 11) is 0.848. The number of hydrogen-bond acceptors (Lipinski definition) is 2. The zero-order chi connectivity index (χ0) is 11.3. The Morgan fingerprint density at radius 3 is 1.71 bits per heavy atom. The van der Waals surface area contributed by atoms with Gasteiger partial charge in [-0.3, -0.25) is 4.90 Å². The molecule has 0 aliphatic rings. The SMILES string of the molecule is CC(CC(C)N(C(C)C)C(C)C)O[SiH3]. The fraction of sp³-hybridized carbons (Fsp3) is 1.00. The van der Waals surface area contributed by atoms with Gasteiger partial charge in [0.05, 0.1) is 0 Å². The fourth-order valence-electron chi connectivity index (χ4n) is 2.31. The first kappa shape index (κ1) is 14.1. The van der Waals surface area contributed by atoms with Crippen molar-refractivity contribution in [2.75, 3.05) is 0 Å². The number of rotatable bonds is 6. The predicted molar refractivity (Wildman–Crippen MR) is 66.7 cm³/mol. The summed E-state index contributed by atoms with van der Waals surface area (Å²) in [4.78, 5) is 2.55. The van der Waals surface area contributed by atoms with Crippen LogP contribution in [0.2, 0.25) is 0 Å². The number of nitrogens with zero attached hydrogens (tertiary/aromatic N) is 1. The van der Waals surface area contributed by atoms with E-state index in [0.29, 0.717) is 24.2 Å². The van der Waals surface area contributed by atoms with Gasteiger partial charge in [0, 0.05) is 24.2 Å². The molecule has 2 atom stereocenters. The zero-order valence-corrected chi connectivity index (χ0v) is 12.9. The largest absolute Gasteiger partial charge is 0.425 e. The molecule has 0 amide bonds. The summed E-state index contributed by atoms with van der Waals surface area (Å²) >= 11 is 0. The highest BCUT2D eigenvalue weighted by molar-refractivity contribution is 5.98. The second-order valence-corrected chi connectivity index (χ2v) is 5.24. The van der Waals surface area contributed by atoms with Gasteiger partial charge in [-0.25, -0.2) is 0 Å². The van der Waals surface area contributed by atoms with Gasteiger partial charge >= 0.3 is 0 Å². The van der Waals surface area contributed by atoms with Crippen LogP contribution in [0.4, 0.5) is 0 Å². The van der Waals surface area contributed by atoms with E-state index in [2.05, 4.69) is 46.4 Å². The van der Waals surface area contributed by atoms with Crippen LogP contribution in [0.25, 0.3) is 0 Å². The first-order valence-corrected chi connectivity index (χ1v) is 6.52. The highest BCUT2D eigenvalue weighted by Gasteiger charge is 2.21. The molecule has 0 heterocycles. The summed E-state index contributed by atoms with van der Waals surface area (Å²) in [6.45, 7) is 13.5. The first-order valence-electron chi connectivity index (χ1n) is 5.70. The van der Waals surface area contributed by atoms with E-state index in [9.17, 15) is 0 Å². The van der Waals surface area contributed by atoms with Crippen LogP contribution in [0.3, 0.4) is 0 Å². The van der Waals surface area contributed by atoms with Crippen molar-refractivity contribution in [1.82, 2.24) is 4.90 Å². The van der Waals surface area contributed by atoms with E-state index in [1.807, 2.05) is 0 Å². The van der Waals surface area contributed by atoms with Gasteiger partial charge in [0.1, 0.15) is 10.5 Å². The van der Waals surface area contributed by atoms with Crippen molar-refractivity contribution in [3.63, 3.8) is 0 Å². The van der Waals surface area contributed by atoms with Crippen LogP contribution in [-0.2, 0) is 4.43 Å². The van der Waals surface area contributed by atoms with Crippen molar-refractivity contribution >= 4 is 10.5 Å². The molecule has 0 radical (unpaired) electrons. The zero-order valence-electron chi connectivity index (χ0n) is 10.9. The van der Waals surface area contributed by atoms with Gasteiger partial charge in [-0.1, -0.05) is 0 Å². The molecular weight excluding hydrogens is 190 g/mol. The summed E-state index contributed by atoms with van der Waals surface area (Å²) in [6.07, 6.45) is 1.55. The highest BCUT2D eigenvalue weighted by Crippen LogP contribution is 2.15. The Bertz CT molecular complexity index is 142. The molecule has 0 aromatic rings. The Labute approximate surface area is 92.6 Å². The van der Waals surface area contributed by atoms with Crippen LogP contribution in [-0.4, -0.2) is 39.6 Å². The van der Waals surface area contributed by atoms with Gasteiger partial charge in [-0.05, 0) is 48.0 Å². The topological polar surface area (TPSA) is 12.5 Å². The van der Waals surface area contributed by atoms with Gasteiger partial charge in [-0.2, -0.15) is 0 Å². The van der Waals surface area contributed by atoms with E-state index in [1.165, 1.54) is 0 Å². The molecule has 86 valence electrons. The van der Waals surface area contributed by atoms with E-state index < -0.39 is 0 Å². The van der Waals surface area contributed by atoms with E-state index in [0.717, 1.165) is 16.9 Å². The molecule has 0 aliphatic heterocycles. The summed E-state index contributed by atoms with van der Waals surface area (Å²) in [5, 5.41) is 0. The Morgan fingerprint density at radius 1 is 1.00 bits per heavy atom. The molecule has 14 heavy (non-hydrogen) atoms. The maximum Gasteiger partial charge on any atom is 0.146 e. The Kier molecular flexibility index (Phi) is 6.65. The summed E-state index contributed by atoms with van der Waals surface area (Å²) < 4.78 is 5.44. The van der Waals surface area contributed by atoms with Crippen LogP contribution < -0.4 is 0 Å². The lowest BCUT2D eigenvalue weighted by Gasteiger charge is -2.37. The molecule has 3 heteroatoms. The average molecular weight is 217 g/mol. The van der Waals surface area contributed by atoms with E-state index in [4.69, 9.17) is 4.43 Å². The minimum Gasteiger partial charge on any atom is -0.425 e. The van der Waals surface area contributed by atoms with Gasteiger partial charge in [-0.15, -0.1) is 0 Å². The molecule has 2 nitrogen and oxygen atoms in total. The second-order valence-electron chi connectivity index (χ2n) is 4.77. The molecule has 0 rings (SSSR count). The van der Waals surface area contributed by atoms with Gasteiger partial charge in [0.2, 0.25) is 0 Å². The lowest BCUT2D eigenvalue weighted by atomic mass is 10.1. The van der Waals surface area contributed by atoms with Gasteiger partial charge < -0.3 is 4.43 Å². The summed E-state index contributed by atoms with van der Waals surface area (Å²) in [5.41, 5.74) is 0. The van der Waals surface area contributed by atoms with Crippen LogP contribution in [0.1, 0.15) is 48.0 Å². The third-order valence-electron chi connectivity index (χ3n) is 2.78. The maximum atomic E-state index is 5.44. The Balaban J connectivity index is 4.22. The molecule has 2 unspecified atom stereocenters. The quantitative estimate of drug-likeness (QED) is 0.626. The molecule has 0 aromatic heterocycles. The molecule has 0 saturated heterocycles. The molecule has 0 bridgehead atoms. The maximum absolute atomic E-state index is 5.44. The molecule has 0 fully saturated rings. The first-order chi connectivity index (χ1) is 6.40. The third kappa shape index (κ3) is 4.58. The normalized spacial score (nSPS) is 16.9. The standard InChI is InChI=1S/C11H27NOSi/c1-8(2)12(9(3)4)10(5)7-11(6)13-14/h8-11H,7H2,1-6,14H3. The van der Waals surface area contributed by atoms with Crippen molar-refractivity contribution < 1.29 is 4.43 Å². The minimum atomic E-state index is 0.414. The van der Waals surface area contributed by atoms with Crippen molar-refractivity contribution in [3.8, 4) is 0 Å². The lowest BCUT2D eigenvalue weighted by Crippen LogP contribution is -2.44. The minimum absolute atomic E-state index is 0.414. The smallest absolute Gasteiger partial charge is 0.146 e. The van der Waals surface area contributed by atoms with Crippen molar-refractivity contribution in [1.29, 1.82) is 0 Å².